The van der Waals surface area contributed by atoms with Gasteiger partial charge in [0.05, 0.1) is 64.8 Å². The summed E-state index contributed by atoms with van der Waals surface area (Å²) in [6.45, 7) is 4.35. The van der Waals surface area contributed by atoms with Gasteiger partial charge in [0.2, 0.25) is 11.5 Å². The first-order valence-corrected chi connectivity index (χ1v) is 19.9. The molecule has 2 saturated heterocycles. The molecule has 16 heteroatoms. The van der Waals surface area contributed by atoms with E-state index in [9.17, 15) is 14.7 Å². The van der Waals surface area contributed by atoms with Gasteiger partial charge in [-0.2, -0.15) is 0 Å². The second-order valence-corrected chi connectivity index (χ2v) is 16.1. The van der Waals surface area contributed by atoms with Crippen molar-refractivity contribution in [1.82, 2.24) is 9.97 Å². The molecule has 0 aliphatic carbocycles. The van der Waals surface area contributed by atoms with Crippen molar-refractivity contribution in [1.29, 1.82) is 0 Å². The van der Waals surface area contributed by atoms with Crippen LogP contribution in [0.5, 0.6) is 34.5 Å². The van der Waals surface area contributed by atoms with Gasteiger partial charge >= 0.3 is 0 Å². The summed E-state index contributed by atoms with van der Waals surface area (Å²) in [6.07, 6.45) is 9.13. The Morgan fingerprint density at radius 1 is 0.614 bits per heavy atom. The van der Waals surface area contributed by atoms with Crippen molar-refractivity contribution in [2.24, 2.45) is 10.8 Å². The van der Waals surface area contributed by atoms with E-state index in [2.05, 4.69) is 9.97 Å². The van der Waals surface area contributed by atoms with Crippen LogP contribution in [0.1, 0.15) is 57.5 Å². The highest BCUT2D eigenvalue weighted by atomic mass is 35.5. The van der Waals surface area contributed by atoms with Crippen LogP contribution in [0.3, 0.4) is 0 Å². The second kappa shape index (κ2) is 17.8. The molecule has 2 spiro atoms. The lowest BCUT2D eigenvalue weighted by molar-refractivity contribution is -0.0254. The number of nitrogens with zero attached hydrogens (tertiary/aromatic N) is 2. The molecule has 2 fully saturated rings. The fourth-order valence-electron chi connectivity index (χ4n) is 7.16. The minimum absolute atomic E-state index is 0.0141. The Morgan fingerprint density at radius 2 is 1.00 bits per heavy atom. The topological polar surface area (TPSA) is 145 Å². The first kappa shape index (κ1) is 41.1. The SMILES string of the molecule is COc1ccc(C(=O)Cc2c(Cl)cncc2Cl)c2c1OCC1(CCOCC1)CO2.O=C(Cc1c(Cl)cncc1Cl)c1ccc(O)c2c1OCC1(CCOCC1)CO2. The highest BCUT2D eigenvalue weighted by molar-refractivity contribution is 6.36. The van der Waals surface area contributed by atoms with Gasteiger partial charge in [-0.15, -0.1) is 0 Å². The average molecular weight is 863 g/mol. The average Bonchev–Trinajstić information content (AvgIpc) is 3.51. The van der Waals surface area contributed by atoms with Gasteiger partial charge in [-0.05, 0) is 49.9 Å². The number of pyridine rings is 2. The number of phenols is 1. The van der Waals surface area contributed by atoms with Crippen molar-refractivity contribution in [2.75, 3.05) is 60.0 Å². The number of aromatic nitrogens is 2. The molecular formula is C41H40Cl4N2O10. The Hall–Kier alpha value is -4.04. The first-order valence-electron chi connectivity index (χ1n) is 18.4. The summed E-state index contributed by atoms with van der Waals surface area (Å²) < 4.78 is 40.6. The van der Waals surface area contributed by atoms with Crippen LogP contribution in [0.2, 0.25) is 20.1 Å². The summed E-state index contributed by atoms with van der Waals surface area (Å²) in [5.74, 6) is 1.36. The number of methoxy groups -OCH3 is 1. The molecule has 0 saturated carbocycles. The third-order valence-corrected chi connectivity index (χ3v) is 12.1. The summed E-state index contributed by atoms with van der Waals surface area (Å²) in [7, 11) is 1.56. The largest absolute Gasteiger partial charge is 0.504 e. The molecule has 302 valence electrons. The van der Waals surface area contributed by atoms with Crippen LogP contribution in [-0.4, -0.2) is 86.6 Å². The van der Waals surface area contributed by atoms with Crippen LogP contribution < -0.4 is 23.7 Å². The van der Waals surface area contributed by atoms with Crippen molar-refractivity contribution in [3.63, 3.8) is 0 Å². The molecule has 0 unspecified atom stereocenters. The second-order valence-electron chi connectivity index (χ2n) is 14.5. The smallest absolute Gasteiger partial charge is 0.204 e. The zero-order valence-corrected chi connectivity index (χ0v) is 34.1. The summed E-state index contributed by atoms with van der Waals surface area (Å²) in [5.41, 5.74) is 1.44. The lowest BCUT2D eigenvalue weighted by atomic mass is 9.82. The number of halogens is 4. The standard InChI is InChI=1S/C21H21Cl2NO5.C20H19Cl2NO5/c1-26-18-3-2-13(17(25)8-14-15(22)9-24-10-16(14)23)19-20(18)29-12-21(11-28-19)4-6-27-7-5-21;21-14-8-23-9-15(22)13(14)7-17(25)12-1-2-16(24)19-18(12)27-10-20(11-28-19)3-5-26-6-4-20/h2-3,9-10H,4-8,11-12H2,1H3;1-2,8-9,24H,3-7,10-11H2. The minimum Gasteiger partial charge on any atom is -0.504 e. The van der Waals surface area contributed by atoms with Gasteiger partial charge in [0.1, 0.15) is 0 Å². The Labute approximate surface area is 349 Å². The van der Waals surface area contributed by atoms with Gasteiger partial charge in [-0.3, -0.25) is 19.6 Å². The van der Waals surface area contributed by atoms with Crippen molar-refractivity contribution < 1.29 is 47.9 Å². The molecule has 4 aromatic rings. The lowest BCUT2D eigenvalue weighted by Crippen LogP contribution is -2.39. The quantitative estimate of drug-likeness (QED) is 0.178. The van der Waals surface area contributed by atoms with E-state index >= 15 is 0 Å². The molecule has 4 aliphatic heterocycles. The molecule has 0 amide bonds. The van der Waals surface area contributed by atoms with Gasteiger partial charge in [0, 0.05) is 86.0 Å². The number of fused-ring (bicyclic) bond motifs is 2. The molecule has 6 heterocycles. The fourth-order valence-corrected chi connectivity index (χ4v) is 8.15. The summed E-state index contributed by atoms with van der Waals surface area (Å²) in [4.78, 5) is 34.0. The number of ether oxygens (including phenoxy) is 7. The van der Waals surface area contributed by atoms with E-state index in [-0.39, 0.29) is 52.5 Å². The van der Waals surface area contributed by atoms with E-state index in [0.717, 1.165) is 25.7 Å². The van der Waals surface area contributed by atoms with Gasteiger partial charge in [-0.25, -0.2) is 0 Å². The highest BCUT2D eigenvalue weighted by Crippen LogP contribution is 2.47. The molecule has 57 heavy (non-hydrogen) atoms. The highest BCUT2D eigenvalue weighted by Gasteiger charge is 2.40. The molecule has 0 bridgehead atoms. The summed E-state index contributed by atoms with van der Waals surface area (Å²) in [6, 6.07) is 6.37. The number of carbonyl (C=O) groups excluding carboxylic acids is 2. The molecule has 4 aliphatic rings. The normalized spacial score (nSPS) is 17.8. The van der Waals surface area contributed by atoms with Crippen LogP contribution in [0.15, 0.2) is 49.1 Å². The van der Waals surface area contributed by atoms with Crippen LogP contribution in [0.4, 0.5) is 0 Å². The lowest BCUT2D eigenvalue weighted by Gasteiger charge is -2.34. The number of rotatable bonds is 7. The van der Waals surface area contributed by atoms with E-state index < -0.39 is 0 Å². The van der Waals surface area contributed by atoms with Gasteiger partial charge in [-0.1, -0.05) is 46.4 Å². The number of hydrogen-bond acceptors (Lipinski definition) is 12. The van der Waals surface area contributed by atoms with Crippen LogP contribution >= 0.6 is 46.4 Å². The number of hydrogen-bond donors (Lipinski definition) is 1. The Kier molecular flexibility index (Phi) is 12.9. The zero-order valence-electron chi connectivity index (χ0n) is 31.0. The van der Waals surface area contributed by atoms with Crippen molar-refractivity contribution >= 4 is 58.0 Å². The van der Waals surface area contributed by atoms with Crippen molar-refractivity contribution in [3.05, 3.63) is 91.4 Å². The number of aromatic hydroxyl groups is 1. The van der Waals surface area contributed by atoms with E-state index in [1.807, 2.05) is 0 Å². The van der Waals surface area contributed by atoms with Gasteiger partial charge < -0.3 is 38.3 Å². The number of phenolic OH excluding ortho intramolecular Hbond substituents is 1. The predicted octanol–water partition coefficient (Wildman–Crippen LogP) is 8.48. The van der Waals surface area contributed by atoms with Crippen molar-refractivity contribution in [2.45, 2.75) is 38.5 Å². The molecule has 0 atom stereocenters. The minimum atomic E-state index is -0.238. The molecular weight excluding hydrogens is 822 g/mol. The maximum atomic E-state index is 13.1. The zero-order chi connectivity index (χ0) is 40.2. The van der Waals surface area contributed by atoms with E-state index in [1.54, 1.807) is 19.2 Å². The number of benzene rings is 2. The van der Waals surface area contributed by atoms with Gasteiger partial charge in [0.15, 0.2) is 34.6 Å². The van der Waals surface area contributed by atoms with E-state index in [0.29, 0.717) is 112 Å². The van der Waals surface area contributed by atoms with Crippen LogP contribution in [0.25, 0.3) is 0 Å². The van der Waals surface area contributed by atoms with Gasteiger partial charge in [0.25, 0.3) is 0 Å². The summed E-state index contributed by atoms with van der Waals surface area (Å²) >= 11 is 24.7. The number of ketones is 2. The molecule has 8 rings (SSSR count). The number of Topliss-reactive ketones (excluding diaryl/α,β-unsaturated/α-hetero) is 2. The molecule has 0 radical (unpaired) electrons. The Balaban J connectivity index is 0.000000174. The van der Waals surface area contributed by atoms with Crippen molar-refractivity contribution in [3.8, 4) is 34.5 Å². The molecule has 12 nitrogen and oxygen atoms in total. The third kappa shape index (κ3) is 9.01. The van der Waals surface area contributed by atoms with Crippen LogP contribution in [0, 0.1) is 10.8 Å². The van der Waals surface area contributed by atoms with Crippen LogP contribution in [-0.2, 0) is 22.3 Å². The molecule has 1 N–H and O–H groups in total. The molecule has 2 aromatic heterocycles. The fraction of sp³-hybridized carbons (Fsp3) is 0.415. The Morgan fingerprint density at radius 3 is 1.44 bits per heavy atom. The van der Waals surface area contributed by atoms with E-state index in [4.69, 9.17) is 79.6 Å². The summed E-state index contributed by atoms with van der Waals surface area (Å²) in [5, 5.41) is 11.6. The Bertz CT molecular complexity index is 2100. The molecule has 2 aromatic carbocycles. The first-order chi connectivity index (χ1) is 27.5. The predicted molar refractivity (Wildman–Crippen MR) is 213 cm³/mol. The maximum absolute atomic E-state index is 13.1. The maximum Gasteiger partial charge on any atom is 0.204 e. The van der Waals surface area contributed by atoms with E-state index in [1.165, 1.54) is 36.9 Å². The number of carbonyl (C=O) groups is 2. The third-order valence-electron chi connectivity index (χ3n) is 10.8. The monoisotopic (exact) mass is 860 g/mol.